The van der Waals surface area contributed by atoms with Crippen LogP contribution in [0.3, 0.4) is 0 Å². The average molecular weight is 282 g/mol. The van der Waals surface area contributed by atoms with Crippen molar-refractivity contribution in [2.45, 2.75) is 25.8 Å². The Morgan fingerprint density at radius 2 is 2.10 bits per heavy atom. The van der Waals surface area contributed by atoms with Crippen molar-refractivity contribution in [2.24, 2.45) is 0 Å². The third-order valence-electron chi connectivity index (χ3n) is 3.75. The molecule has 1 saturated heterocycles. The molecule has 3 heterocycles. The fourth-order valence-corrected chi connectivity index (χ4v) is 2.78. The van der Waals surface area contributed by atoms with Gasteiger partial charge in [0.15, 0.2) is 0 Å². The number of aromatic nitrogens is 2. The van der Waals surface area contributed by atoms with Gasteiger partial charge in [0.2, 0.25) is 5.91 Å². The van der Waals surface area contributed by atoms with E-state index in [0.717, 1.165) is 36.6 Å². The zero-order valence-corrected chi connectivity index (χ0v) is 12.0. The van der Waals surface area contributed by atoms with Crippen LogP contribution in [0.2, 0.25) is 0 Å². The quantitative estimate of drug-likeness (QED) is 0.940. The standard InChI is InChI=1S/C16H18N4O/c1-12(21)20-10-4-5-14(20)13-7-9-18-16(11-13)19-15-6-2-3-8-17-15/h2-3,6-9,11,14H,4-5,10H2,1H3,(H,17,18,19)/t14-/m1/s1. The Labute approximate surface area is 124 Å². The molecule has 0 unspecified atom stereocenters. The predicted octanol–water partition coefficient (Wildman–Crippen LogP) is 2.90. The first kappa shape index (κ1) is 13.5. The molecule has 5 heteroatoms. The number of pyridine rings is 2. The molecule has 2 aromatic rings. The van der Waals surface area contributed by atoms with E-state index in [1.165, 1.54) is 0 Å². The van der Waals surface area contributed by atoms with Crippen LogP contribution in [0.1, 0.15) is 31.4 Å². The molecule has 0 radical (unpaired) electrons. The molecule has 1 aliphatic rings. The number of anilines is 2. The van der Waals surface area contributed by atoms with Crippen molar-refractivity contribution in [3.05, 3.63) is 48.3 Å². The van der Waals surface area contributed by atoms with Crippen molar-refractivity contribution in [3.8, 4) is 0 Å². The van der Waals surface area contributed by atoms with Gasteiger partial charge in [-0.2, -0.15) is 0 Å². The van der Waals surface area contributed by atoms with Crippen molar-refractivity contribution in [3.63, 3.8) is 0 Å². The number of hydrogen-bond donors (Lipinski definition) is 1. The van der Waals surface area contributed by atoms with Gasteiger partial charge in [0.1, 0.15) is 11.6 Å². The van der Waals surface area contributed by atoms with E-state index < -0.39 is 0 Å². The minimum Gasteiger partial charge on any atom is -0.336 e. The van der Waals surface area contributed by atoms with Crippen LogP contribution >= 0.6 is 0 Å². The van der Waals surface area contributed by atoms with Crippen molar-refractivity contribution in [1.29, 1.82) is 0 Å². The molecular weight excluding hydrogens is 264 g/mol. The molecule has 0 aromatic carbocycles. The van der Waals surface area contributed by atoms with E-state index in [2.05, 4.69) is 15.3 Å². The lowest BCUT2D eigenvalue weighted by molar-refractivity contribution is -0.129. The molecule has 5 nitrogen and oxygen atoms in total. The molecule has 3 rings (SSSR count). The fraction of sp³-hybridized carbons (Fsp3) is 0.312. The molecule has 1 atom stereocenters. The van der Waals surface area contributed by atoms with Gasteiger partial charge in [0.25, 0.3) is 0 Å². The highest BCUT2D eigenvalue weighted by Crippen LogP contribution is 2.32. The van der Waals surface area contributed by atoms with Crippen LogP contribution in [0.5, 0.6) is 0 Å². The first-order chi connectivity index (χ1) is 10.2. The summed E-state index contributed by atoms with van der Waals surface area (Å²) in [7, 11) is 0. The fourth-order valence-electron chi connectivity index (χ4n) is 2.78. The van der Waals surface area contributed by atoms with E-state index >= 15 is 0 Å². The first-order valence-electron chi connectivity index (χ1n) is 7.15. The largest absolute Gasteiger partial charge is 0.336 e. The van der Waals surface area contributed by atoms with Gasteiger partial charge < -0.3 is 10.2 Å². The first-order valence-corrected chi connectivity index (χ1v) is 7.15. The number of hydrogen-bond acceptors (Lipinski definition) is 4. The summed E-state index contributed by atoms with van der Waals surface area (Å²) in [6.07, 6.45) is 5.57. The number of likely N-dealkylation sites (tertiary alicyclic amines) is 1. The molecule has 0 saturated carbocycles. The maximum Gasteiger partial charge on any atom is 0.219 e. The van der Waals surface area contributed by atoms with Crippen LogP contribution in [-0.2, 0) is 4.79 Å². The Kier molecular flexibility index (Phi) is 3.81. The number of nitrogens with zero attached hydrogens (tertiary/aromatic N) is 3. The van der Waals surface area contributed by atoms with Crippen LogP contribution in [-0.4, -0.2) is 27.3 Å². The molecule has 1 fully saturated rings. The Morgan fingerprint density at radius 1 is 1.24 bits per heavy atom. The molecule has 0 aliphatic carbocycles. The SMILES string of the molecule is CC(=O)N1CCC[C@@H]1c1ccnc(Nc2ccccn2)c1. The molecule has 1 N–H and O–H groups in total. The van der Waals surface area contributed by atoms with E-state index in [9.17, 15) is 4.79 Å². The van der Waals surface area contributed by atoms with Gasteiger partial charge in [0.05, 0.1) is 6.04 Å². The molecular formula is C16H18N4O. The number of carbonyl (C=O) groups is 1. The number of carbonyl (C=O) groups excluding carboxylic acids is 1. The molecule has 0 spiro atoms. The van der Waals surface area contributed by atoms with Gasteiger partial charge >= 0.3 is 0 Å². The summed E-state index contributed by atoms with van der Waals surface area (Å²) in [6.45, 7) is 2.47. The van der Waals surface area contributed by atoms with Crippen molar-refractivity contribution < 1.29 is 4.79 Å². The summed E-state index contributed by atoms with van der Waals surface area (Å²) in [5.74, 6) is 1.65. The van der Waals surface area contributed by atoms with E-state index in [1.807, 2.05) is 35.2 Å². The van der Waals surface area contributed by atoms with E-state index in [0.29, 0.717) is 0 Å². The van der Waals surface area contributed by atoms with Crippen LogP contribution < -0.4 is 5.32 Å². The second kappa shape index (κ2) is 5.91. The molecule has 1 aliphatic heterocycles. The Morgan fingerprint density at radius 3 is 2.86 bits per heavy atom. The average Bonchev–Trinajstić information content (AvgIpc) is 2.98. The number of nitrogens with one attached hydrogen (secondary N) is 1. The minimum atomic E-state index is 0.133. The van der Waals surface area contributed by atoms with Gasteiger partial charge in [-0.05, 0) is 42.7 Å². The van der Waals surface area contributed by atoms with Gasteiger partial charge in [-0.1, -0.05) is 6.07 Å². The third kappa shape index (κ3) is 3.02. The third-order valence-corrected chi connectivity index (χ3v) is 3.75. The van der Waals surface area contributed by atoms with E-state index in [1.54, 1.807) is 19.3 Å². The van der Waals surface area contributed by atoms with Crippen LogP contribution in [0.25, 0.3) is 0 Å². The lowest BCUT2D eigenvalue weighted by atomic mass is 10.1. The summed E-state index contributed by atoms with van der Waals surface area (Å²) < 4.78 is 0. The van der Waals surface area contributed by atoms with E-state index in [-0.39, 0.29) is 11.9 Å². The maximum atomic E-state index is 11.7. The number of rotatable bonds is 3. The predicted molar refractivity (Wildman–Crippen MR) is 81.1 cm³/mol. The Balaban J connectivity index is 1.81. The Hall–Kier alpha value is -2.43. The van der Waals surface area contributed by atoms with Gasteiger partial charge in [-0.25, -0.2) is 9.97 Å². The summed E-state index contributed by atoms with van der Waals surface area (Å²) in [5, 5.41) is 3.19. The van der Waals surface area contributed by atoms with Gasteiger partial charge in [-0.3, -0.25) is 4.79 Å². The van der Waals surface area contributed by atoms with Crippen molar-refractivity contribution in [2.75, 3.05) is 11.9 Å². The van der Waals surface area contributed by atoms with Crippen molar-refractivity contribution >= 4 is 17.5 Å². The van der Waals surface area contributed by atoms with Crippen molar-refractivity contribution in [1.82, 2.24) is 14.9 Å². The normalized spacial score (nSPS) is 17.8. The summed E-state index contributed by atoms with van der Waals surface area (Å²) in [4.78, 5) is 22.2. The highest BCUT2D eigenvalue weighted by atomic mass is 16.2. The zero-order chi connectivity index (χ0) is 14.7. The molecule has 21 heavy (non-hydrogen) atoms. The molecule has 2 aromatic heterocycles. The van der Waals surface area contributed by atoms with Crippen LogP contribution in [0, 0.1) is 0 Å². The molecule has 0 bridgehead atoms. The van der Waals surface area contributed by atoms with Gasteiger partial charge in [0, 0.05) is 25.9 Å². The highest BCUT2D eigenvalue weighted by Gasteiger charge is 2.27. The van der Waals surface area contributed by atoms with Gasteiger partial charge in [-0.15, -0.1) is 0 Å². The lowest BCUT2D eigenvalue weighted by Crippen LogP contribution is -2.28. The summed E-state index contributed by atoms with van der Waals surface area (Å²) in [5.41, 5.74) is 1.12. The highest BCUT2D eigenvalue weighted by molar-refractivity contribution is 5.74. The minimum absolute atomic E-state index is 0.133. The summed E-state index contributed by atoms with van der Waals surface area (Å²) in [6, 6.07) is 9.84. The Bertz CT molecular complexity index is 629. The molecule has 108 valence electrons. The second-order valence-corrected chi connectivity index (χ2v) is 5.18. The monoisotopic (exact) mass is 282 g/mol. The van der Waals surface area contributed by atoms with E-state index in [4.69, 9.17) is 0 Å². The van der Waals surface area contributed by atoms with Crippen LogP contribution in [0.15, 0.2) is 42.7 Å². The topological polar surface area (TPSA) is 58.1 Å². The zero-order valence-electron chi connectivity index (χ0n) is 12.0. The smallest absolute Gasteiger partial charge is 0.219 e. The lowest BCUT2D eigenvalue weighted by Gasteiger charge is -2.23. The van der Waals surface area contributed by atoms with Crippen LogP contribution in [0.4, 0.5) is 11.6 Å². The maximum absolute atomic E-state index is 11.7. The number of amides is 1. The summed E-state index contributed by atoms with van der Waals surface area (Å²) >= 11 is 0. The molecule has 1 amide bonds. The second-order valence-electron chi connectivity index (χ2n) is 5.18.